The fraction of sp³-hybridized carbons (Fsp3) is 0.324. The largest absolute Gasteiger partial charge is 0.476 e. The van der Waals surface area contributed by atoms with Gasteiger partial charge in [0, 0.05) is 54.1 Å². The zero-order chi connectivity index (χ0) is 31.2. The zero-order valence-corrected chi connectivity index (χ0v) is 27.5. The van der Waals surface area contributed by atoms with Gasteiger partial charge in [0.1, 0.15) is 12.4 Å². The van der Waals surface area contributed by atoms with Gasteiger partial charge in [-0.1, -0.05) is 71.9 Å². The lowest BCUT2D eigenvalue weighted by atomic mass is 10.1. The van der Waals surface area contributed by atoms with Crippen LogP contribution in [0.1, 0.15) is 20.3 Å². The van der Waals surface area contributed by atoms with Crippen LogP contribution in [0, 0.1) is 0 Å². The summed E-state index contributed by atoms with van der Waals surface area (Å²) in [5.74, 6) is 0.264. The Labute approximate surface area is 275 Å². The van der Waals surface area contributed by atoms with Crippen LogP contribution in [0.2, 0.25) is 5.02 Å². The summed E-state index contributed by atoms with van der Waals surface area (Å²) in [5, 5.41) is 0.707. The smallest absolute Gasteiger partial charge is 0.349 e. The Balaban J connectivity index is 0.907. The molecule has 4 aromatic carbocycles. The van der Waals surface area contributed by atoms with Gasteiger partial charge in [-0.05, 0) is 86.5 Å². The van der Waals surface area contributed by atoms with Crippen molar-refractivity contribution in [2.24, 2.45) is 0 Å². The van der Waals surface area contributed by atoms with Gasteiger partial charge >= 0.3 is 5.97 Å². The van der Waals surface area contributed by atoms with E-state index in [1.54, 1.807) is 13.8 Å². The molecule has 1 fully saturated rings. The molecule has 0 saturated carbocycles. The van der Waals surface area contributed by atoms with Crippen molar-refractivity contribution < 1.29 is 14.3 Å². The number of carbonyl (C=O) groups excluding carboxylic acids is 1. The number of fused-ring (bicyclic) bond motifs is 2. The molecule has 6 nitrogen and oxygen atoms in total. The highest BCUT2D eigenvalue weighted by atomic mass is 35.5. The molecule has 6 rings (SSSR count). The average molecular weight is 642 g/mol. The molecule has 2 heterocycles. The number of para-hydroxylation sites is 2. The molecule has 0 aliphatic carbocycles. The van der Waals surface area contributed by atoms with Crippen LogP contribution >= 0.6 is 23.4 Å². The molecule has 0 atom stereocenters. The average Bonchev–Trinajstić information content (AvgIpc) is 3.05. The monoisotopic (exact) mass is 641 g/mol. The lowest BCUT2D eigenvalue weighted by molar-refractivity contribution is -0.159. The van der Waals surface area contributed by atoms with E-state index in [4.69, 9.17) is 21.1 Å². The molecule has 8 heteroatoms. The maximum absolute atomic E-state index is 12.9. The molecule has 0 bridgehead atoms. The molecule has 2 aliphatic heterocycles. The normalized spacial score (nSPS) is 15.3. The van der Waals surface area contributed by atoms with Crippen molar-refractivity contribution in [3.8, 4) is 16.9 Å². The molecule has 234 valence electrons. The molecule has 0 aromatic heterocycles. The lowest BCUT2D eigenvalue weighted by Gasteiger charge is -2.36. The fourth-order valence-electron chi connectivity index (χ4n) is 5.85. The molecule has 4 aromatic rings. The van der Waals surface area contributed by atoms with E-state index in [1.807, 2.05) is 60.3 Å². The maximum atomic E-state index is 12.9. The third kappa shape index (κ3) is 7.85. The van der Waals surface area contributed by atoms with Crippen LogP contribution < -0.4 is 9.64 Å². The predicted octanol–water partition coefficient (Wildman–Crippen LogP) is 8.02. The van der Waals surface area contributed by atoms with Crippen LogP contribution in [-0.4, -0.2) is 73.8 Å². The van der Waals surface area contributed by atoms with Crippen LogP contribution in [0.5, 0.6) is 5.75 Å². The number of piperazine rings is 1. The number of nitrogens with zero attached hydrogens (tertiary/aromatic N) is 3. The second kappa shape index (κ2) is 14.3. The van der Waals surface area contributed by atoms with Crippen molar-refractivity contribution >= 4 is 40.7 Å². The Morgan fingerprint density at radius 3 is 1.87 bits per heavy atom. The molecule has 0 spiro atoms. The first-order valence-electron chi connectivity index (χ1n) is 15.7. The quantitative estimate of drug-likeness (QED) is 0.154. The third-order valence-corrected chi connectivity index (χ3v) is 9.77. The zero-order valence-electron chi connectivity index (χ0n) is 26.0. The number of rotatable bonds is 11. The van der Waals surface area contributed by atoms with E-state index in [0.717, 1.165) is 63.4 Å². The summed E-state index contributed by atoms with van der Waals surface area (Å²) in [6.07, 6.45) is 1.10. The topological polar surface area (TPSA) is 45.3 Å². The summed E-state index contributed by atoms with van der Waals surface area (Å²) in [6, 6.07) is 32.8. The van der Waals surface area contributed by atoms with E-state index in [1.165, 1.54) is 21.2 Å². The Morgan fingerprint density at radius 1 is 0.733 bits per heavy atom. The van der Waals surface area contributed by atoms with Crippen molar-refractivity contribution in [1.82, 2.24) is 9.80 Å². The molecule has 2 aliphatic rings. The Morgan fingerprint density at radius 2 is 1.27 bits per heavy atom. The molecule has 0 unspecified atom stereocenters. The molecular formula is C37H40ClN3O3S. The van der Waals surface area contributed by atoms with Gasteiger partial charge in [-0.25, -0.2) is 4.79 Å². The van der Waals surface area contributed by atoms with Crippen LogP contribution in [0.25, 0.3) is 11.1 Å². The van der Waals surface area contributed by atoms with Crippen molar-refractivity contribution in [3.63, 3.8) is 0 Å². The van der Waals surface area contributed by atoms with Gasteiger partial charge < -0.3 is 19.3 Å². The van der Waals surface area contributed by atoms with Crippen LogP contribution in [-0.2, 0) is 9.53 Å². The van der Waals surface area contributed by atoms with Crippen molar-refractivity contribution in [2.45, 2.75) is 35.7 Å². The van der Waals surface area contributed by atoms with E-state index < -0.39 is 5.60 Å². The molecule has 1 saturated heterocycles. The second-order valence-electron chi connectivity index (χ2n) is 12.0. The molecule has 0 amide bonds. The minimum atomic E-state index is -1.09. The Hall–Kier alpha value is -3.49. The highest BCUT2D eigenvalue weighted by molar-refractivity contribution is 7.99. The van der Waals surface area contributed by atoms with E-state index in [2.05, 4.69) is 63.2 Å². The standard InChI is InChI=1S/C37H40ClN3O3S/c1-37(2,44-31-18-14-29(15-19-31)28-12-16-30(38)17-13-28)36(42)43-27-26-40-24-22-39(23-25-40)20-7-21-41-32-8-3-5-10-34(32)45-35-11-6-4-9-33(35)41/h3-6,8-19H,7,20-27H2,1-2H3. The minimum Gasteiger partial charge on any atom is -0.476 e. The number of hydrogen-bond donors (Lipinski definition) is 0. The van der Waals surface area contributed by atoms with Gasteiger partial charge in [-0.3, -0.25) is 4.90 Å². The van der Waals surface area contributed by atoms with Crippen molar-refractivity contribution in [1.29, 1.82) is 0 Å². The van der Waals surface area contributed by atoms with Gasteiger partial charge in [-0.2, -0.15) is 0 Å². The van der Waals surface area contributed by atoms with E-state index >= 15 is 0 Å². The highest BCUT2D eigenvalue weighted by Crippen LogP contribution is 2.47. The second-order valence-corrected chi connectivity index (χ2v) is 13.5. The number of anilines is 2. The summed E-state index contributed by atoms with van der Waals surface area (Å²) in [4.78, 5) is 22.9. The summed E-state index contributed by atoms with van der Waals surface area (Å²) in [6.45, 7) is 10.7. The first-order valence-corrected chi connectivity index (χ1v) is 16.9. The molecule has 45 heavy (non-hydrogen) atoms. The van der Waals surface area contributed by atoms with Gasteiger partial charge in [0.15, 0.2) is 5.60 Å². The number of benzene rings is 4. The molecule has 0 N–H and O–H groups in total. The fourth-order valence-corrected chi connectivity index (χ4v) is 7.07. The van der Waals surface area contributed by atoms with Gasteiger partial charge in [0.25, 0.3) is 0 Å². The van der Waals surface area contributed by atoms with Gasteiger partial charge in [0.05, 0.1) is 11.4 Å². The molecular weight excluding hydrogens is 602 g/mol. The van der Waals surface area contributed by atoms with Crippen molar-refractivity contribution in [3.05, 3.63) is 102 Å². The number of halogens is 1. The first kappa shape index (κ1) is 31.5. The summed E-state index contributed by atoms with van der Waals surface area (Å²) < 4.78 is 11.7. The third-order valence-electron chi connectivity index (χ3n) is 8.39. The Kier molecular flexibility index (Phi) is 10.0. The van der Waals surface area contributed by atoms with E-state index in [-0.39, 0.29) is 5.97 Å². The predicted molar refractivity (Wildman–Crippen MR) is 184 cm³/mol. The highest BCUT2D eigenvalue weighted by Gasteiger charge is 2.32. The summed E-state index contributed by atoms with van der Waals surface area (Å²) >= 11 is 7.86. The van der Waals surface area contributed by atoms with E-state index in [9.17, 15) is 4.79 Å². The van der Waals surface area contributed by atoms with Crippen molar-refractivity contribution in [2.75, 3.05) is 57.3 Å². The number of ether oxygens (including phenoxy) is 2. The first-order chi connectivity index (χ1) is 21.9. The van der Waals surface area contributed by atoms with Gasteiger partial charge in [0.2, 0.25) is 0 Å². The van der Waals surface area contributed by atoms with Crippen LogP contribution in [0.4, 0.5) is 11.4 Å². The number of hydrogen-bond acceptors (Lipinski definition) is 7. The maximum Gasteiger partial charge on any atom is 0.349 e. The Bertz CT molecular complexity index is 1540. The summed E-state index contributed by atoms with van der Waals surface area (Å²) in [5.41, 5.74) is 3.65. The summed E-state index contributed by atoms with van der Waals surface area (Å²) in [7, 11) is 0. The molecule has 0 radical (unpaired) electrons. The SMILES string of the molecule is CC(C)(Oc1ccc(-c2ccc(Cl)cc2)cc1)C(=O)OCCN1CCN(CCCN2c3ccccc3Sc3ccccc32)CC1. The van der Waals surface area contributed by atoms with Crippen LogP contribution in [0.15, 0.2) is 107 Å². The van der Waals surface area contributed by atoms with Gasteiger partial charge in [-0.15, -0.1) is 0 Å². The number of carbonyl (C=O) groups is 1. The minimum absolute atomic E-state index is 0.354. The van der Waals surface area contributed by atoms with Crippen LogP contribution in [0.3, 0.4) is 0 Å². The lowest BCUT2D eigenvalue weighted by Crippen LogP contribution is -2.48. The van der Waals surface area contributed by atoms with E-state index in [0.29, 0.717) is 17.4 Å². The number of esters is 1.